The zero-order valence-electron chi connectivity index (χ0n) is 20.9. The Bertz CT molecular complexity index is 1240. The third kappa shape index (κ3) is 5.43. The highest BCUT2D eigenvalue weighted by Gasteiger charge is 2.49. The zero-order valence-corrected chi connectivity index (χ0v) is 20.9. The molecule has 0 radical (unpaired) electrons. The average Bonchev–Trinajstić information content (AvgIpc) is 3.47. The van der Waals surface area contributed by atoms with Gasteiger partial charge in [-0.1, -0.05) is 91.7 Å². The molecule has 37 heavy (non-hydrogen) atoms. The van der Waals surface area contributed by atoms with Crippen LogP contribution in [0.15, 0.2) is 84.9 Å². The van der Waals surface area contributed by atoms with E-state index in [1.54, 1.807) is 11.0 Å². The second-order valence-corrected chi connectivity index (χ2v) is 9.89. The lowest BCUT2D eigenvalue weighted by atomic mass is 9.80. The predicted molar refractivity (Wildman–Crippen MR) is 143 cm³/mol. The maximum atomic E-state index is 13.8. The molecule has 3 aromatic rings. The van der Waals surface area contributed by atoms with E-state index in [1.165, 1.54) is 0 Å². The monoisotopic (exact) mass is 495 g/mol. The minimum Gasteiger partial charge on any atom is -0.355 e. The van der Waals surface area contributed by atoms with Gasteiger partial charge >= 0.3 is 0 Å². The number of hydrogen-bond donors (Lipinski definition) is 2. The van der Waals surface area contributed by atoms with Gasteiger partial charge in [-0.25, -0.2) is 0 Å². The largest absolute Gasteiger partial charge is 0.355 e. The molecule has 6 nitrogen and oxygen atoms in total. The Morgan fingerprint density at radius 2 is 1.38 bits per heavy atom. The Balaban J connectivity index is 1.44. The number of carbonyl (C=O) groups excluding carboxylic acids is 3. The van der Waals surface area contributed by atoms with Crippen LogP contribution in [-0.4, -0.2) is 41.2 Å². The first-order chi connectivity index (χ1) is 18.1. The van der Waals surface area contributed by atoms with Crippen LogP contribution in [0.25, 0.3) is 0 Å². The van der Waals surface area contributed by atoms with Gasteiger partial charge in [-0.05, 0) is 42.0 Å². The quantitative estimate of drug-likeness (QED) is 0.491. The standard InChI is InChI=1S/C31H33N3O3/c35-29(32-20-19-22-11-3-1-4-12-22)27-25-17-9-10-18-26(25)31(37)34(24-15-7-8-16-24)28(27)30(36)33-21-23-13-5-2-6-14-23/h1-6,9-14,17-18,24,27-28H,7-8,15-16,19-21H2,(H,32,35)(H,33,36). The van der Waals surface area contributed by atoms with Crippen LogP contribution in [-0.2, 0) is 22.6 Å². The minimum atomic E-state index is -0.897. The number of fused-ring (bicyclic) bond motifs is 1. The van der Waals surface area contributed by atoms with Crippen molar-refractivity contribution in [2.75, 3.05) is 6.54 Å². The van der Waals surface area contributed by atoms with Crippen molar-refractivity contribution in [3.8, 4) is 0 Å². The van der Waals surface area contributed by atoms with E-state index < -0.39 is 12.0 Å². The molecule has 1 heterocycles. The van der Waals surface area contributed by atoms with Crippen LogP contribution in [0.3, 0.4) is 0 Å². The number of amides is 3. The average molecular weight is 496 g/mol. The van der Waals surface area contributed by atoms with Crippen LogP contribution < -0.4 is 10.6 Å². The Labute approximate surface area is 218 Å². The molecule has 5 rings (SSSR count). The van der Waals surface area contributed by atoms with E-state index in [0.717, 1.165) is 36.8 Å². The van der Waals surface area contributed by atoms with Crippen LogP contribution in [0, 0.1) is 0 Å². The summed E-state index contributed by atoms with van der Waals surface area (Å²) in [4.78, 5) is 43.1. The molecule has 0 saturated heterocycles. The van der Waals surface area contributed by atoms with E-state index in [4.69, 9.17) is 0 Å². The van der Waals surface area contributed by atoms with Crippen LogP contribution in [0.4, 0.5) is 0 Å². The summed E-state index contributed by atoms with van der Waals surface area (Å²) in [6.45, 7) is 0.796. The van der Waals surface area contributed by atoms with Crippen molar-refractivity contribution in [2.45, 2.75) is 56.7 Å². The number of hydrogen-bond acceptors (Lipinski definition) is 3. The molecule has 1 saturated carbocycles. The van der Waals surface area contributed by atoms with Crippen molar-refractivity contribution in [1.82, 2.24) is 15.5 Å². The summed E-state index contributed by atoms with van der Waals surface area (Å²) >= 11 is 0. The Morgan fingerprint density at radius 1 is 0.757 bits per heavy atom. The normalized spacial score (nSPS) is 19.4. The smallest absolute Gasteiger partial charge is 0.255 e. The molecule has 1 aliphatic carbocycles. The summed E-state index contributed by atoms with van der Waals surface area (Å²) in [5, 5.41) is 6.10. The van der Waals surface area contributed by atoms with E-state index in [-0.39, 0.29) is 23.8 Å². The maximum Gasteiger partial charge on any atom is 0.255 e. The highest BCUT2D eigenvalue weighted by molar-refractivity contribution is 6.06. The first-order valence-electron chi connectivity index (χ1n) is 13.2. The van der Waals surface area contributed by atoms with Crippen molar-refractivity contribution < 1.29 is 14.4 Å². The van der Waals surface area contributed by atoms with Crippen molar-refractivity contribution in [1.29, 1.82) is 0 Å². The molecule has 0 spiro atoms. The molecule has 3 amide bonds. The van der Waals surface area contributed by atoms with Gasteiger partial charge in [0.15, 0.2) is 0 Å². The number of nitrogens with zero attached hydrogens (tertiary/aromatic N) is 1. The molecule has 1 fully saturated rings. The van der Waals surface area contributed by atoms with Crippen LogP contribution in [0.1, 0.15) is 58.6 Å². The first kappa shape index (κ1) is 24.8. The van der Waals surface area contributed by atoms with Gasteiger partial charge in [-0.2, -0.15) is 0 Å². The molecule has 6 heteroatoms. The fraction of sp³-hybridized carbons (Fsp3) is 0.323. The topological polar surface area (TPSA) is 78.5 Å². The molecule has 1 aliphatic heterocycles. The van der Waals surface area contributed by atoms with Crippen molar-refractivity contribution in [3.05, 3.63) is 107 Å². The minimum absolute atomic E-state index is 0.0482. The summed E-state index contributed by atoms with van der Waals surface area (Å²) in [7, 11) is 0. The SMILES string of the molecule is O=C(NCCc1ccccc1)C1c2ccccc2C(=O)N(C2CCCC2)C1C(=O)NCc1ccccc1. The lowest BCUT2D eigenvalue weighted by Gasteiger charge is -2.43. The molecule has 2 aliphatic rings. The fourth-order valence-electron chi connectivity index (χ4n) is 5.67. The van der Waals surface area contributed by atoms with Gasteiger partial charge in [0.1, 0.15) is 6.04 Å². The predicted octanol–water partition coefficient (Wildman–Crippen LogP) is 4.21. The van der Waals surface area contributed by atoms with Gasteiger partial charge in [0.25, 0.3) is 5.91 Å². The van der Waals surface area contributed by atoms with E-state index in [1.807, 2.05) is 78.9 Å². The Hall–Kier alpha value is -3.93. The second kappa shape index (κ2) is 11.4. The van der Waals surface area contributed by atoms with Gasteiger partial charge in [0.05, 0.1) is 5.92 Å². The number of nitrogens with one attached hydrogen (secondary N) is 2. The molecule has 3 aromatic carbocycles. The molecule has 190 valence electrons. The zero-order chi connectivity index (χ0) is 25.6. The lowest BCUT2D eigenvalue weighted by Crippen LogP contribution is -2.61. The van der Waals surface area contributed by atoms with E-state index >= 15 is 0 Å². The summed E-state index contributed by atoms with van der Waals surface area (Å²) in [6.07, 6.45) is 4.42. The maximum absolute atomic E-state index is 13.8. The van der Waals surface area contributed by atoms with Crippen molar-refractivity contribution >= 4 is 17.7 Å². The molecule has 2 atom stereocenters. The number of benzene rings is 3. The van der Waals surface area contributed by atoms with Gasteiger partial charge in [-0.3, -0.25) is 14.4 Å². The molecule has 2 unspecified atom stereocenters. The summed E-state index contributed by atoms with van der Waals surface area (Å²) < 4.78 is 0. The summed E-state index contributed by atoms with van der Waals surface area (Å²) in [5.74, 6) is -1.45. The fourth-order valence-corrected chi connectivity index (χ4v) is 5.67. The number of rotatable bonds is 8. The van der Waals surface area contributed by atoms with E-state index in [0.29, 0.717) is 30.6 Å². The third-order valence-corrected chi connectivity index (χ3v) is 7.51. The third-order valence-electron chi connectivity index (χ3n) is 7.51. The Kier molecular flexibility index (Phi) is 7.64. The highest BCUT2D eigenvalue weighted by atomic mass is 16.2. The number of carbonyl (C=O) groups is 3. The summed E-state index contributed by atoms with van der Waals surface area (Å²) in [5.41, 5.74) is 3.24. The molecular weight excluding hydrogens is 462 g/mol. The van der Waals surface area contributed by atoms with Gasteiger partial charge in [0.2, 0.25) is 11.8 Å². The van der Waals surface area contributed by atoms with Crippen LogP contribution in [0.2, 0.25) is 0 Å². The lowest BCUT2D eigenvalue weighted by molar-refractivity contribution is -0.134. The molecule has 0 aromatic heterocycles. The van der Waals surface area contributed by atoms with Gasteiger partial charge in [-0.15, -0.1) is 0 Å². The van der Waals surface area contributed by atoms with E-state index in [9.17, 15) is 14.4 Å². The Morgan fingerprint density at radius 3 is 2.08 bits per heavy atom. The van der Waals surface area contributed by atoms with E-state index in [2.05, 4.69) is 10.6 Å². The highest BCUT2D eigenvalue weighted by Crippen LogP contribution is 2.38. The van der Waals surface area contributed by atoms with Gasteiger partial charge < -0.3 is 15.5 Å². The van der Waals surface area contributed by atoms with Crippen LogP contribution >= 0.6 is 0 Å². The summed E-state index contributed by atoms with van der Waals surface area (Å²) in [6, 6.07) is 26.0. The van der Waals surface area contributed by atoms with Crippen molar-refractivity contribution in [2.24, 2.45) is 0 Å². The van der Waals surface area contributed by atoms with Gasteiger partial charge in [0, 0.05) is 24.7 Å². The molecular formula is C31H33N3O3. The first-order valence-corrected chi connectivity index (χ1v) is 13.2. The van der Waals surface area contributed by atoms with Crippen LogP contribution in [0.5, 0.6) is 0 Å². The van der Waals surface area contributed by atoms with Crippen molar-refractivity contribution in [3.63, 3.8) is 0 Å². The molecule has 0 bridgehead atoms. The molecule has 2 N–H and O–H groups in total. The second-order valence-electron chi connectivity index (χ2n) is 9.89.